The maximum Gasteiger partial charge on any atom is 0.244 e. The molecule has 1 heterocycles. The van der Waals surface area contributed by atoms with Crippen LogP contribution in [0.15, 0.2) is 79.4 Å². The minimum Gasteiger partial charge on any atom is -0.237 e. The van der Waals surface area contributed by atoms with Crippen LogP contribution in [0.5, 0.6) is 0 Å². The standard InChI is InChI=1S/C47H77N2/c1-4-6-8-10-12-14-15-16-17-18-19-20-22-24-32-38-46(47(3,45-36-30-27-31-37-45)42-44-34-28-26-29-35-44)49-41-40-48(43-49)39-33-25-23-21-13-11-9-7-5-2/h26-31,34-37,40-41,43,46H,4-25,32-33,38-39,42H2,1-3H3/q+1. The van der Waals surface area contributed by atoms with Crippen molar-refractivity contribution in [2.45, 2.75) is 206 Å². The molecule has 2 heteroatoms. The molecule has 0 fully saturated rings. The van der Waals surface area contributed by atoms with Gasteiger partial charge in [-0.3, -0.25) is 0 Å². The minimum absolute atomic E-state index is 0.00718. The summed E-state index contributed by atoms with van der Waals surface area (Å²) in [5.41, 5.74) is 2.90. The van der Waals surface area contributed by atoms with Gasteiger partial charge in [0.1, 0.15) is 18.4 Å². The van der Waals surface area contributed by atoms with Gasteiger partial charge in [-0.2, -0.15) is 0 Å². The van der Waals surface area contributed by atoms with E-state index >= 15 is 0 Å². The second-order valence-electron chi connectivity index (χ2n) is 15.6. The zero-order valence-electron chi connectivity index (χ0n) is 32.6. The topological polar surface area (TPSA) is 8.81 Å². The van der Waals surface area contributed by atoms with E-state index in [1.165, 1.54) is 172 Å². The summed E-state index contributed by atoms with van der Waals surface area (Å²) in [5, 5.41) is 0. The molecule has 0 aliphatic rings. The lowest BCUT2D eigenvalue weighted by atomic mass is 9.70. The molecule has 3 aromatic rings. The molecule has 0 saturated heterocycles. The lowest BCUT2D eigenvalue weighted by Crippen LogP contribution is -2.38. The number of benzene rings is 2. The van der Waals surface area contributed by atoms with Crippen molar-refractivity contribution in [3.63, 3.8) is 0 Å². The van der Waals surface area contributed by atoms with E-state index in [0.29, 0.717) is 6.04 Å². The Kier molecular flexibility index (Phi) is 22.2. The molecule has 274 valence electrons. The summed E-state index contributed by atoms with van der Waals surface area (Å²) in [6.07, 6.45) is 43.1. The van der Waals surface area contributed by atoms with Gasteiger partial charge in [-0.25, -0.2) is 9.13 Å². The van der Waals surface area contributed by atoms with Crippen LogP contribution in [0.2, 0.25) is 0 Å². The normalized spacial score (nSPS) is 13.4. The lowest BCUT2D eigenvalue weighted by molar-refractivity contribution is -0.697. The third-order valence-corrected chi connectivity index (χ3v) is 11.3. The highest BCUT2D eigenvalue weighted by atomic mass is 15.1. The van der Waals surface area contributed by atoms with Crippen LogP contribution in [-0.4, -0.2) is 4.57 Å². The SMILES string of the molecule is CCCCCCCCCCCCCCCCCC(n1cc[n+](CCCCCCCCCCC)c1)C(C)(Cc1ccccc1)c1ccccc1. The molecule has 2 aromatic carbocycles. The van der Waals surface area contributed by atoms with E-state index in [1.807, 2.05) is 0 Å². The van der Waals surface area contributed by atoms with Crippen molar-refractivity contribution in [1.29, 1.82) is 0 Å². The zero-order valence-corrected chi connectivity index (χ0v) is 32.6. The second kappa shape index (κ2) is 26.5. The van der Waals surface area contributed by atoms with E-state index in [1.54, 1.807) is 0 Å². The van der Waals surface area contributed by atoms with Gasteiger partial charge in [0.2, 0.25) is 6.33 Å². The third kappa shape index (κ3) is 16.9. The molecule has 49 heavy (non-hydrogen) atoms. The molecule has 0 spiro atoms. The first-order valence-electron chi connectivity index (χ1n) is 21.3. The van der Waals surface area contributed by atoms with Gasteiger partial charge in [-0.1, -0.05) is 216 Å². The molecule has 2 unspecified atom stereocenters. The summed E-state index contributed by atoms with van der Waals surface area (Å²) in [4.78, 5) is 0. The monoisotopic (exact) mass is 670 g/mol. The molecule has 3 rings (SSSR count). The van der Waals surface area contributed by atoms with E-state index in [-0.39, 0.29) is 5.41 Å². The Morgan fingerprint density at radius 1 is 0.531 bits per heavy atom. The molecule has 2 nitrogen and oxygen atoms in total. The van der Waals surface area contributed by atoms with Crippen LogP contribution in [0.25, 0.3) is 0 Å². The molecular formula is C47H77N2+. The van der Waals surface area contributed by atoms with Crippen molar-refractivity contribution in [1.82, 2.24) is 4.57 Å². The van der Waals surface area contributed by atoms with Crippen molar-refractivity contribution in [2.24, 2.45) is 0 Å². The highest BCUT2D eigenvalue weighted by Gasteiger charge is 2.40. The molecule has 0 saturated carbocycles. The fraction of sp³-hybridized carbons (Fsp3) is 0.681. The Labute approximate surface area is 304 Å². The zero-order chi connectivity index (χ0) is 34.7. The molecule has 0 bridgehead atoms. The highest BCUT2D eigenvalue weighted by Crippen LogP contribution is 2.41. The Morgan fingerprint density at radius 3 is 1.45 bits per heavy atom. The summed E-state index contributed by atoms with van der Waals surface area (Å²) < 4.78 is 5.06. The summed E-state index contributed by atoms with van der Waals surface area (Å²) >= 11 is 0. The van der Waals surface area contributed by atoms with Crippen molar-refractivity contribution in [3.8, 4) is 0 Å². The number of aromatic nitrogens is 2. The Morgan fingerprint density at radius 2 is 0.959 bits per heavy atom. The molecule has 0 N–H and O–H groups in total. The molecule has 0 radical (unpaired) electrons. The number of rotatable bonds is 31. The van der Waals surface area contributed by atoms with Gasteiger partial charge in [-0.15, -0.1) is 0 Å². The van der Waals surface area contributed by atoms with Gasteiger partial charge in [-0.05, 0) is 43.2 Å². The van der Waals surface area contributed by atoms with Crippen LogP contribution in [-0.2, 0) is 18.4 Å². The van der Waals surface area contributed by atoms with Gasteiger partial charge in [0, 0.05) is 5.41 Å². The average molecular weight is 670 g/mol. The fourth-order valence-corrected chi connectivity index (χ4v) is 8.09. The Balaban J connectivity index is 1.52. The number of hydrogen-bond donors (Lipinski definition) is 0. The predicted octanol–water partition coefficient (Wildman–Crippen LogP) is 14.3. The smallest absolute Gasteiger partial charge is 0.237 e. The summed E-state index contributed by atoms with van der Waals surface area (Å²) in [6.45, 7) is 8.29. The number of unbranched alkanes of at least 4 members (excludes halogenated alkanes) is 22. The van der Waals surface area contributed by atoms with Crippen LogP contribution >= 0.6 is 0 Å². The van der Waals surface area contributed by atoms with E-state index in [9.17, 15) is 0 Å². The van der Waals surface area contributed by atoms with E-state index < -0.39 is 0 Å². The average Bonchev–Trinajstić information content (AvgIpc) is 3.59. The summed E-state index contributed by atoms with van der Waals surface area (Å²) in [7, 11) is 0. The van der Waals surface area contributed by atoms with Crippen LogP contribution in [0, 0.1) is 0 Å². The Bertz CT molecular complexity index is 1150. The van der Waals surface area contributed by atoms with Gasteiger partial charge in [0.05, 0.1) is 6.54 Å². The molecule has 0 amide bonds. The molecule has 0 aliphatic heterocycles. The van der Waals surface area contributed by atoms with Gasteiger partial charge >= 0.3 is 0 Å². The van der Waals surface area contributed by atoms with Gasteiger partial charge in [0.15, 0.2) is 0 Å². The van der Waals surface area contributed by atoms with Crippen molar-refractivity contribution in [3.05, 3.63) is 90.5 Å². The quantitative estimate of drug-likeness (QED) is 0.0476. The predicted molar refractivity (Wildman–Crippen MR) is 214 cm³/mol. The van der Waals surface area contributed by atoms with Gasteiger partial charge < -0.3 is 0 Å². The fourth-order valence-electron chi connectivity index (χ4n) is 8.09. The lowest BCUT2D eigenvalue weighted by Gasteiger charge is -2.37. The van der Waals surface area contributed by atoms with Crippen LogP contribution < -0.4 is 4.57 Å². The van der Waals surface area contributed by atoms with Crippen LogP contribution in [0.4, 0.5) is 0 Å². The highest BCUT2D eigenvalue weighted by molar-refractivity contribution is 5.30. The maximum absolute atomic E-state index is 2.59. The van der Waals surface area contributed by atoms with Crippen molar-refractivity contribution in [2.75, 3.05) is 0 Å². The number of nitrogens with zero attached hydrogens (tertiary/aromatic N) is 2. The Hall–Kier alpha value is -2.35. The summed E-state index contributed by atoms with van der Waals surface area (Å²) in [5.74, 6) is 0. The first kappa shape index (κ1) is 41.1. The van der Waals surface area contributed by atoms with Crippen LogP contribution in [0.3, 0.4) is 0 Å². The largest absolute Gasteiger partial charge is 0.244 e. The molecular weight excluding hydrogens is 593 g/mol. The number of imidazole rings is 1. The van der Waals surface area contributed by atoms with Gasteiger partial charge in [0.25, 0.3) is 0 Å². The molecule has 2 atom stereocenters. The first-order valence-corrected chi connectivity index (χ1v) is 21.3. The van der Waals surface area contributed by atoms with E-state index in [0.717, 1.165) is 13.0 Å². The second-order valence-corrected chi connectivity index (χ2v) is 15.6. The maximum atomic E-state index is 2.59. The first-order chi connectivity index (χ1) is 24.2. The summed E-state index contributed by atoms with van der Waals surface area (Å²) in [6, 6.07) is 23.0. The van der Waals surface area contributed by atoms with Crippen LogP contribution in [0.1, 0.15) is 198 Å². The third-order valence-electron chi connectivity index (χ3n) is 11.3. The van der Waals surface area contributed by atoms with E-state index in [2.05, 4.69) is 109 Å². The van der Waals surface area contributed by atoms with Crippen molar-refractivity contribution < 1.29 is 4.57 Å². The molecule has 1 aromatic heterocycles. The number of hydrogen-bond acceptors (Lipinski definition) is 0. The minimum atomic E-state index is 0.00718. The number of aryl methyl sites for hydroxylation is 1. The van der Waals surface area contributed by atoms with E-state index in [4.69, 9.17) is 0 Å². The molecule has 0 aliphatic carbocycles. The van der Waals surface area contributed by atoms with Crippen molar-refractivity contribution >= 4 is 0 Å².